The number of anilines is 1. The van der Waals surface area contributed by atoms with Crippen LogP contribution in [0.2, 0.25) is 0 Å². The first-order chi connectivity index (χ1) is 14.8. The van der Waals surface area contributed by atoms with Gasteiger partial charge in [-0.05, 0) is 61.9 Å². The predicted molar refractivity (Wildman–Crippen MR) is 115 cm³/mol. The number of hydrogen-bond donors (Lipinski definition) is 0. The fourth-order valence-corrected chi connectivity index (χ4v) is 4.93. The first kappa shape index (κ1) is 23.6. The van der Waals surface area contributed by atoms with E-state index in [0.717, 1.165) is 82.6 Å². The minimum absolute atomic E-state index is 0.00104. The number of Topliss-reactive ketones (excluding diaryl/α,β-unsaturated/α-hetero) is 1. The molecule has 31 heavy (non-hydrogen) atoms. The molecule has 1 unspecified atom stereocenters. The Labute approximate surface area is 183 Å². The Hall–Kier alpha value is -2.07. The predicted octanol–water partition coefficient (Wildman–Crippen LogP) is 5.14. The van der Waals surface area contributed by atoms with Crippen LogP contribution in [0.25, 0.3) is 0 Å². The number of nitrogens with zero attached hydrogens (tertiary/aromatic N) is 3. The number of halogens is 3. The summed E-state index contributed by atoms with van der Waals surface area (Å²) in [5.74, 6) is 1.20. The standard InChI is InChI=1S/C24H32F3N3O/c1-18(23(31)10-12-28)20-4-2-19(3-5-20)11-13-29-14-16-30(17-15-29)22-8-6-21(7-9-22)24(25,26)27/h6-9,18-20H,2-5,10-11,13-17H2,1H3. The molecule has 1 aliphatic heterocycles. The van der Waals surface area contributed by atoms with Crippen molar-refractivity contribution in [1.29, 1.82) is 5.26 Å². The van der Waals surface area contributed by atoms with Gasteiger partial charge in [-0.3, -0.25) is 9.69 Å². The van der Waals surface area contributed by atoms with Crippen LogP contribution in [0, 0.1) is 29.1 Å². The topological polar surface area (TPSA) is 47.3 Å². The summed E-state index contributed by atoms with van der Waals surface area (Å²) in [4.78, 5) is 16.6. The number of carbonyl (C=O) groups excluding carboxylic acids is 1. The highest BCUT2D eigenvalue weighted by atomic mass is 19.4. The third-order valence-electron chi connectivity index (χ3n) is 7.15. The average Bonchev–Trinajstić information content (AvgIpc) is 2.77. The molecule has 3 rings (SSSR count). The van der Waals surface area contributed by atoms with E-state index in [1.807, 2.05) is 13.0 Å². The summed E-state index contributed by atoms with van der Waals surface area (Å²) in [6.07, 6.45) is 1.35. The number of piperazine rings is 1. The number of carbonyl (C=O) groups is 1. The fourth-order valence-electron chi connectivity index (χ4n) is 4.93. The minimum atomic E-state index is -4.29. The quantitative estimate of drug-likeness (QED) is 0.595. The number of hydrogen-bond acceptors (Lipinski definition) is 4. The van der Waals surface area contributed by atoms with Crippen molar-refractivity contribution in [2.75, 3.05) is 37.6 Å². The number of alkyl halides is 3. The van der Waals surface area contributed by atoms with E-state index in [2.05, 4.69) is 9.80 Å². The highest BCUT2D eigenvalue weighted by molar-refractivity contribution is 5.82. The van der Waals surface area contributed by atoms with Crippen LogP contribution < -0.4 is 4.90 Å². The van der Waals surface area contributed by atoms with Gasteiger partial charge in [0.05, 0.1) is 18.1 Å². The summed E-state index contributed by atoms with van der Waals surface area (Å²) in [6, 6.07) is 7.43. The van der Waals surface area contributed by atoms with Gasteiger partial charge in [-0.2, -0.15) is 18.4 Å². The largest absolute Gasteiger partial charge is 0.416 e. The molecule has 1 saturated carbocycles. The van der Waals surface area contributed by atoms with Gasteiger partial charge in [0.1, 0.15) is 5.78 Å². The smallest absolute Gasteiger partial charge is 0.369 e. The van der Waals surface area contributed by atoms with Crippen molar-refractivity contribution in [2.24, 2.45) is 17.8 Å². The number of ketones is 1. The lowest BCUT2D eigenvalue weighted by Gasteiger charge is -2.37. The van der Waals surface area contributed by atoms with Gasteiger partial charge >= 0.3 is 6.18 Å². The zero-order chi connectivity index (χ0) is 22.4. The van der Waals surface area contributed by atoms with E-state index in [9.17, 15) is 18.0 Å². The summed E-state index contributed by atoms with van der Waals surface area (Å²) >= 11 is 0. The lowest BCUT2D eigenvalue weighted by atomic mass is 9.74. The Morgan fingerprint density at radius 3 is 2.26 bits per heavy atom. The molecule has 0 N–H and O–H groups in total. The zero-order valence-electron chi connectivity index (χ0n) is 18.2. The third kappa shape index (κ3) is 6.46. The molecule has 1 aliphatic carbocycles. The van der Waals surface area contributed by atoms with Crippen LogP contribution >= 0.6 is 0 Å². The van der Waals surface area contributed by atoms with Crippen molar-refractivity contribution >= 4 is 11.5 Å². The highest BCUT2D eigenvalue weighted by Gasteiger charge is 2.31. The second kappa shape index (κ2) is 10.5. The van der Waals surface area contributed by atoms with Crippen LogP contribution in [0.1, 0.15) is 51.0 Å². The van der Waals surface area contributed by atoms with E-state index in [0.29, 0.717) is 11.8 Å². The Morgan fingerprint density at radius 2 is 1.71 bits per heavy atom. The third-order valence-corrected chi connectivity index (χ3v) is 7.15. The van der Waals surface area contributed by atoms with Gasteiger partial charge in [0.2, 0.25) is 0 Å². The molecule has 2 fully saturated rings. The zero-order valence-corrected chi connectivity index (χ0v) is 18.2. The average molecular weight is 436 g/mol. The van der Waals surface area contributed by atoms with Crippen molar-refractivity contribution in [1.82, 2.24) is 4.90 Å². The van der Waals surface area contributed by atoms with Crippen LogP contribution in [0.15, 0.2) is 24.3 Å². The number of rotatable bonds is 7. The molecule has 1 aromatic rings. The van der Waals surface area contributed by atoms with E-state index in [1.54, 1.807) is 12.1 Å². The van der Waals surface area contributed by atoms with Crippen molar-refractivity contribution in [3.63, 3.8) is 0 Å². The molecule has 1 saturated heterocycles. The molecule has 0 spiro atoms. The monoisotopic (exact) mass is 435 g/mol. The fraction of sp³-hybridized carbons (Fsp3) is 0.667. The second-order valence-corrected chi connectivity index (χ2v) is 9.03. The van der Waals surface area contributed by atoms with E-state index >= 15 is 0 Å². The summed E-state index contributed by atoms with van der Waals surface area (Å²) in [6.45, 7) is 6.54. The van der Waals surface area contributed by atoms with Gasteiger partial charge < -0.3 is 4.90 Å². The first-order valence-electron chi connectivity index (χ1n) is 11.3. The van der Waals surface area contributed by atoms with E-state index in [4.69, 9.17) is 5.26 Å². The molecular weight excluding hydrogens is 403 g/mol. The van der Waals surface area contributed by atoms with Crippen LogP contribution in [0.3, 0.4) is 0 Å². The number of benzene rings is 1. The van der Waals surface area contributed by atoms with Crippen molar-refractivity contribution in [2.45, 2.75) is 51.6 Å². The minimum Gasteiger partial charge on any atom is -0.369 e. The number of nitriles is 1. The van der Waals surface area contributed by atoms with Crippen molar-refractivity contribution < 1.29 is 18.0 Å². The normalized spacial score (nSPS) is 23.9. The van der Waals surface area contributed by atoms with Crippen molar-refractivity contribution in [3.8, 4) is 6.07 Å². The van der Waals surface area contributed by atoms with Crippen LogP contribution in [0.4, 0.5) is 18.9 Å². The molecule has 0 bridgehead atoms. The van der Waals surface area contributed by atoms with Crippen LogP contribution in [-0.2, 0) is 11.0 Å². The van der Waals surface area contributed by atoms with Crippen LogP contribution in [0.5, 0.6) is 0 Å². The SMILES string of the molecule is CC(C(=O)CC#N)C1CCC(CCN2CCN(c3ccc(C(F)(F)F)cc3)CC2)CC1. The molecule has 2 aliphatic rings. The lowest BCUT2D eigenvalue weighted by molar-refractivity contribution is -0.137. The molecule has 1 atom stereocenters. The highest BCUT2D eigenvalue weighted by Crippen LogP contribution is 2.36. The molecule has 1 heterocycles. The maximum absolute atomic E-state index is 12.7. The van der Waals surface area contributed by atoms with Gasteiger partial charge in [-0.1, -0.05) is 19.8 Å². The van der Waals surface area contributed by atoms with E-state index in [1.165, 1.54) is 0 Å². The molecule has 7 heteroatoms. The Balaban J connectivity index is 1.37. The van der Waals surface area contributed by atoms with Gasteiger partial charge in [-0.25, -0.2) is 0 Å². The maximum Gasteiger partial charge on any atom is 0.416 e. The molecule has 0 radical (unpaired) electrons. The summed E-state index contributed by atoms with van der Waals surface area (Å²) in [5, 5.41) is 8.72. The Kier molecular flexibility index (Phi) is 7.99. The van der Waals surface area contributed by atoms with Crippen molar-refractivity contribution in [3.05, 3.63) is 29.8 Å². The van der Waals surface area contributed by atoms with Gasteiger partial charge in [0, 0.05) is 37.8 Å². The molecule has 0 aromatic heterocycles. The van der Waals surface area contributed by atoms with Crippen LogP contribution in [-0.4, -0.2) is 43.4 Å². The van der Waals surface area contributed by atoms with E-state index < -0.39 is 11.7 Å². The maximum atomic E-state index is 12.7. The van der Waals surface area contributed by atoms with E-state index in [-0.39, 0.29) is 18.1 Å². The van der Waals surface area contributed by atoms with Gasteiger partial charge in [0.25, 0.3) is 0 Å². The summed E-state index contributed by atoms with van der Waals surface area (Å²) in [5.41, 5.74) is 0.250. The lowest BCUT2D eigenvalue weighted by Crippen LogP contribution is -2.47. The van der Waals surface area contributed by atoms with Gasteiger partial charge in [0.15, 0.2) is 0 Å². The Morgan fingerprint density at radius 1 is 1.10 bits per heavy atom. The molecule has 4 nitrogen and oxygen atoms in total. The van der Waals surface area contributed by atoms with Gasteiger partial charge in [-0.15, -0.1) is 0 Å². The first-order valence-corrected chi connectivity index (χ1v) is 11.3. The molecule has 170 valence electrons. The molecule has 1 aromatic carbocycles. The second-order valence-electron chi connectivity index (χ2n) is 9.03. The molecular formula is C24H32F3N3O. The summed E-state index contributed by atoms with van der Waals surface area (Å²) in [7, 11) is 0. The Bertz CT molecular complexity index is 756. The molecule has 0 amide bonds. The summed E-state index contributed by atoms with van der Waals surface area (Å²) < 4.78 is 38.2.